The average Bonchev–Trinajstić information content (AvgIpc) is 2.43. The first-order valence-electron chi connectivity index (χ1n) is 5.98. The Morgan fingerprint density at radius 2 is 1.95 bits per heavy atom. The van der Waals surface area contributed by atoms with Gasteiger partial charge in [-0.05, 0) is 24.1 Å². The van der Waals surface area contributed by atoms with Gasteiger partial charge in [-0.25, -0.2) is 4.98 Å². The third-order valence-corrected chi connectivity index (χ3v) is 3.53. The van der Waals surface area contributed by atoms with Crippen molar-refractivity contribution < 1.29 is 0 Å². The minimum Gasteiger partial charge on any atom is -0.368 e. The summed E-state index contributed by atoms with van der Waals surface area (Å²) in [5.41, 5.74) is 1.02. The molecule has 0 bridgehead atoms. The molecule has 1 heterocycles. The molecule has 2 N–H and O–H groups in total. The van der Waals surface area contributed by atoms with Crippen LogP contribution in [0, 0.1) is 0 Å². The highest BCUT2D eigenvalue weighted by atomic mass is 35.5. The lowest BCUT2D eigenvalue weighted by atomic mass is 10.1. The van der Waals surface area contributed by atoms with E-state index in [9.17, 15) is 0 Å². The van der Waals surface area contributed by atoms with Gasteiger partial charge in [-0.2, -0.15) is 4.98 Å². The number of nitrogens with zero attached hydrogens (tertiary/aromatic N) is 2. The predicted octanol–water partition coefficient (Wildman–Crippen LogP) is 4.13. The van der Waals surface area contributed by atoms with Gasteiger partial charge in [0, 0.05) is 23.6 Å². The van der Waals surface area contributed by atoms with Gasteiger partial charge in [-0.15, -0.1) is 0 Å². The Bertz CT molecular complexity index is 604. The van der Waals surface area contributed by atoms with E-state index >= 15 is 0 Å². The molecule has 0 spiro atoms. The second-order valence-corrected chi connectivity index (χ2v) is 5.30. The maximum atomic E-state index is 6.12. The predicted molar refractivity (Wildman–Crippen MR) is 85.2 cm³/mol. The highest BCUT2D eigenvalue weighted by Crippen LogP contribution is 2.22. The van der Waals surface area contributed by atoms with Crippen LogP contribution >= 0.6 is 34.8 Å². The van der Waals surface area contributed by atoms with Crippen molar-refractivity contribution in [1.82, 2.24) is 9.97 Å². The van der Waals surface area contributed by atoms with Crippen molar-refractivity contribution in [2.75, 3.05) is 24.2 Å². The lowest BCUT2D eigenvalue weighted by Crippen LogP contribution is -2.08. The lowest BCUT2D eigenvalue weighted by Gasteiger charge is -2.09. The fraction of sp³-hybridized carbons (Fsp3) is 0.231. The largest absolute Gasteiger partial charge is 0.368 e. The molecule has 2 rings (SSSR count). The van der Waals surface area contributed by atoms with E-state index in [1.165, 1.54) is 0 Å². The van der Waals surface area contributed by atoms with Crippen LogP contribution in [0.2, 0.25) is 15.1 Å². The molecular weight excluding hydrogens is 319 g/mol. The highest BCUT2D eigenvalue weighted by Gasteiger charge is 2.05. The van der Waals surface area contributed by atoms with Gasteiger partial charge in [0.15, 0.2) is 0 Å². The quantitative estimate of drug-likeness (QED) is 0.865. The number of anilines is 2. The Labute approximate surface area is 132 Å². The molecule has 106 valence electrons. The fourth-order valence-electron chi connectivity index (χ4n) is 1.65. The van der Waals surface area contributed by atoms with Crippen LogP contribution in [0.3, 0.4) is 0 Å². The minimum absolute atomic E-state index is 0.478. The Hall–Kier alpha value is -1.23. The Morgan fingerprint density at radius 3 is 2.65 bits per heavy atom. The average molecular weight is 332 g/mol. The van der Waals surface area contributed by atoms with Crippen molar-refractivity contribution in [3.05, 3.63) is 45.0 Å². The van der Waals surface area contributed by atoms with Gasteiger partial charge in [-0.3, -0.25) is 0 Å². The van der Waals surface area contributed by atoms with Gasteiger partial charge < -0.3 is 10.6 Å². The third-order valence-electron chi connectivity index (χ3n) is 2.67. The van der Waals surface area contributed by atoms with Crippen molar-refractivity contribution in [2.24, 2.45) is 0 Å². The molecule has 1 aromatic heterocycles. The molecule has 0 aliphatic rings. The van der Waals surface area contributed by atoms with E-state index in [0.717, 1.165) is 12.0 Å². The summed E-state index contributed by atoms with van der Waals surface area (Å²) in [5, 5.41) is 7.79. The van der Waals surface area contributed by atoms with E-state index in [1.807, 2.05) is 12.1 Å². The number of benzene rings is 1. The lowest BCUT2D eigenvalue weighted by molar-refractivity contribution is 1.000. The van der Waals surface area contributed by atoms with E-state index < -0.39 is 0 Å². The zero-order valence-corrected chi connectivity index (χ0v) is 13.0. The maximum Gasteiger partial charge on any atom is 0.224 e. The first-order chi connectivity index (χ1) is 9.60. The van der Waals surface area contributed by atoms with Crippen molar-refractivity contribution in [2.45, 2.75) is 6.42 Å². The number of halogens is 3. The number of rotatable bonds is 5. The summed E-state index contributed by atoms with van der Waals surface area (Å²) in [5.74, 6) is 1.11. The molecule has 0 atom stereocenters. The molecule has 7 heteroatoms. The van der Waals surface area contributed by atoms with E-state index in [-0.39, 0.29) is 0 Å². The van der Waals surface area contributed by atoms with Crippen molar-refractivity contribution in [1.29, 1.82) is 0 Å². The Balaban J connectivity index is 1.99. The van der Waals surface area contributed by atoms with Crippen LogP contribution in [0.4, 0.5) is 11.8 Å². The van der Waals surface area contributed by atoms with Gasteiger partial charge >= 0.3 is 0 Å². The van der Waals surface area contributed by atoms with Crippen LogP contribution in [-0.2, 0) is 6.42 Å². The second kappa shape index (κ2) is 6.97. The molecule has 20 heavy (non-hydrogen) atoms. The van der Waals surface area contributed by atoms with Gasteiger partial charge in [-0.1, -0.05) is 40.9 Å². The summed E-state index contributed by atoms with van der Waals surface area (Å²) < 4.78 is 0. The van der Waals surface area contributed by atoms with Gasteiger partial charge in [0.05, 0.1) is 6.20 Å². The summed E-state index contributed by atoms with van der Waals surface area (Å²) in [7, 11) is 1.75. The topological polar surface area (TPSA) is 49.8 Å². The zero-order chi connectivity index (χ0) is 14.5. The first-order valence-corrected chi connectivity index (χ1v) is 7.11. The van der Waals surface area contributed by atoms with Crippen LogP contribution in [0.15, 0.2) is 24.4 Å². The van der Waals surface area contributed by atoms with Gasteiger partial charge in [0.2, 0.25) is 5.95 Å². The summed E-state index contributed by atoms with van der Waals surface area (Å²) in [6.45, 7) is 0.654. The molecule has 0 radical (unpaired) electrons. The van der Waals surface area contributed by atoms with Crippen LogP contribution in [0.5, 0.6) is 0 Å². The molecular formula is C13H13Cl3N4. The monoisotopic (exact) mass is 330 g/mol. The number of hydrogen-bond donors (Lipinski definition) is 2. The molecule has 0 amide bonds. The summed E-state index contributed by atoms with van der Waals surface area (Å²) in [4.78, 5) is 8.26. The SMILES string of the molecule is CNc1ncc(Cl)c(NCCc2ccc(Cl)cc2Cl)n1. The molecule has 4 nitrogen and oxygen atoms in total. The number of nitrogens with one attached hydrogen (secondary N) is 2. The van der Waals surface area contributed by atoms with E-state index in [1.54, 1.807) is 19.3 Å². The summed E-state index contributed by atoms with van der Waals surface area (Å²) in [6.07, 6.45) is 2.29. The smallest absolute Gasteiger partial charge is 0.224 e. The molecule has 2 aromatic rings. The van der Waals surface area contributed by atoms with E-state index in [0.29, 0.717) is 33.4 Å². The fourth-order valence-corrected chi connectivity index (χ4v) is 2.31. The number of hydrogen-bond acceptors (Lipinski definition) is 4. The molecule has 0 saturated carbocycles. The highest BCUT2D eigenvalue weighted by molar-refractivity contribution is 6.35. The normalized spacial score (nSPS) is 10.4. The summed E-state index contributed by atoms with van der Waals surface area (Å²) >= 11 is 18.0. The minimum atomic E-state index is 0.478. The maximum absolute atomic E-state index is 6.12. The Morgan fingerprint density at radius 1 is 1.15 bits per heavy atom. The zero-order valence-electron chi connectivity index (χ0n) is 10.8. The van der Waals surface area contributed by atoms with Gasteiger partial charge in [0.25, 0.3) is 0 Å². The third kappa shape index (κ3) is 3.88. The first kappa shape index (κ1) is 15.2. The molecule has 0 aliphatic heterocycles. The van der Waals surface area contributed by atoms with E-state index in [4.69, 9.17) is 34.8 Å². The molecule has 0 aliphatic carbocycles. The molecule has 0 saturated heterocycles. The van der Waals surface area contributed by atoms with Crippen LogP contribution in [0.25, 0.3) is 0 Å². The van der Waals surface area contributed by atoms with Crippen LogP contribution in [0.1, 0.15) is 5.56 Å². The van der Waals surface area contributed by atoms with Crippen molar-refractivity contribution in [3.8, 4) is 0 Å². The molecule has 0 unspecified atom stereocenters. The Kier molecular flexibility index (Phi) is 5.29. The number of aromatic nitrogens is 2. The van der Waals surface area contributed by atoms with Gasteiger partial charge in [0.1, 0.15) is 10.8 Å². The van der Waals surface area contributed by atoms with Crippen molar-refractivity contribution in [3.63, 3.8) is 0 Å². The van der Waals surface area contributed by atoms with Crippen LogP contribution in [-0.4, -0.2) is 23.6 Å². The standard InChI is InChI=1S/C13H13Cl3N4/c1-17-13-19-7-11(16)12(20-13)18-5-4-8-2-3-9(14)6-10(8)15/h2-3,6-7H,4-5H2,1H3,(H2,17,18,19,20). The van der Waals surface area contributed by atoms with E-state index in [2.05, 4.69) is 20.6 Å². The van der Waals surface area contributed by atoms with Crippen molar-refractivity contribution >= 4 is 46.6 Å². The molecule has 0 fully saturated rings. The molecule has 1 aromatic carbocycles. The van der Waals surface area contributed by atoms with Crippen LogP contribution < -0.4 is 10.6 Å². The second-order valence-electron chi connectivity index (χ2n) is 4.05. The summed E-state index contributed by atoms with van der Waals surface area (Å²) in [6, 6.07) is 5.46.